The van der Waals surface area contributed by atoms with Crippen molar-refractivity contribution in [2.45, 2.75) is 17.5 Å². The van der Waals surface area contributed by atoms with Crippen LogP contribution < -0.4 is 10.6 Å². The number of carbonyl (C=O) groups excluding carboxylic acids is 2. The van der Waals surface area contributed by atoms with Crippen LogP contribution in [-0.2, 0) is 21.2 Å². The van der Waals surface area contributed by atoms with Crippen LogP contribution in [0.25, 0.3) is 0 Å². The number of hydrogen-bond acceptors (Lipinski definition) is 4. The van der Waals surface area contributed by atoms with Gasteiger partial charge in [0.1, 0.15) is 18.2 Å². The van der Waals surface area contributed by atoms with Crippen molar-refractivity contribution in [3.05, 3.63) is 58.7 Å². The Labute approximate surface area is 167 Å². The molecule has 0 radical (unpaired) electrons. The number of nitrogens with zero attached hydrogens (tertiary/aromatic N) is 1. The van der Waals surface area contributed by atoms with E-state index in [-0.39, 0.29) is 16.8 Å². The van der Waals surface area contributed by atoms with Crippen molar-refractivity contribution in [2.24, 2.45) is 0 Å². The molecule has 0 fully saturated rings. The third-order valence-corrected chi connectivity index (χ3v) is 6.65. The van der Waals surface area contributed by atoms with E-state index in [4.69, 9.17) is 0 Å². The van der Waals surface area contributed by atoms with Crippen LogP contribution >= 0.6 is 0 Å². The summed E-state index contributed by atoms with van der Waals surface area (Å²) in [5, 5.41) is 4.62. The van der Waals surface area contributed by atoms with E-state index >= 15 is 0 Å². The van der Waals surface area contributed by atoms with Gasteiger partial charge >= 0.3 is 6.03 Å². The molecule has 1 atom stereocenters. The highest BCUT2D eigenvalue weighted by atomic mass is 32.2. The summed E-state index contributed by atoms with van der Waals surface area (Å²) in [6.45, 7) is -1.03. The molecule has 0 aliphatic carbocycles. The van der Waals surface area contributed by atoms with Crippen molar-refractivity contribution in [2.75, 3.05) is 17.6 Å². The maximum atomic E-state index is 14.2. The Morgan fingerprint density at radius 1 is 1.17 bits per heavy atom. The van der Waals surface area contributed by atoms with Gasteiger partial charge in [-0.3, -0.25) is 4.79 Å². The molecule has 2 aromatic rings. The molecule has 2 N–H and O–H groups in total. The van der Waals surface area contributed by atoms with Crippen LogP contribution in [-0.4, -0.2) is 37.6 Å². The molecule has 3 amide bonds. The lowest BCUT2D eigenvalue weighted by Crippen LogP contribution is -2.46. The standard InChI is InChI=1S/C18H13F4N3O4S/c19-8-3-11(21)16-13(7-30(28,29)14(16)4-8)23-15(26)6-25-5-9-12(24-18(25)27)2-1-10(20)17(9)22/h1-4,13H,5-7H2,(H,23,26)(H,24,27)/t13-/m0/s1. The van der Waals surface area contributed by atoms with E-state index in [9.17, 15) is 35.6 Å². The fraction of sp³-hybridized carbons (Fsp3) is 0.222. The molecule has 158 valence electrons. The zero-order valence-corrected chi connectivity index (χ0v) is 15.8. The Balaban J connectivity index is 1.53. The third kappa shape index (κ3) is 3.36. The van der Waals surface area contributed by atoms with Gasteiger partial charge in [0, 0.05) is 17.2 Å². The largest absolute Gasteiger partial charge is 0.347 e. The number of anilines is 1. The molecule has 12 heteroatoms. The van der Waals surface area contributed by atoms with E-state index in [1.165, 1.54) is 6.07 Å². The van der Waals surface area contributed by atoms with Gasteiger partial charge in [0.25, 0.3) is 0 Å². The quantitative estimate of drug-likeness (QED) is 0.712. The number of benzene rings is 2. The van der Waals surface area contributed by atoms with Gasteiger partial charge < -0.3 is 15.5 Å². The second-order valence-corrected chi connectivity index (χ2v) is 8.88. The van der Waals surface area contributed by atoms with Gasteiger partial charge in [-0.25, -0.2) is 30.8 Å². The van der Waals surface area contributed by atoms with Crippen LogP contribution in [0.3, 0.4) is 0 Å². The molecule has 0 saturated heterocycles. The predicted octanol–water partition coefficient (Wildman–Crippen LogP) is 2.24. The number of nitrogens with one attached hydrogen (secondary N) is 2. The molecule has 0 unspecified atom stereocenters. The second kappa shape index (κ2) is 6.97. The van der Waals surface area contributed by atoms with Crippen molar-refractivity contribution < 1.29 is 35.6 Å². The van der Waals surface area contributed by atoms with E-state index in [1.54, 1.807) is 0 Å². The van der Waals surface area contributed by atoms with E-state index in [0.717, 1.165) is 11.0 Å². The molecular formula is C18H13F4N3O4S. The highest BCUT2D eigenvalue weighted by Gasteiger charge is 2.39. The molecule has 0 spiro atoms. The first-order valence-corrected chi connectivity index (χ1v) is 10.3. The van der Waals surface area contributed by atoms with E-state index in [0.29, 0.717) is 12.1 Å². The maximum Gasteiger partial charge on any atom is 0.322 e. The summed E-state index contributed by atoms with van der Waals surface area (Å²) in [4.78, 5) is 24.9. The Morgan fingerprint density at radius 3 is 2.63 bits per heavy atom. The SMILES string of the molecule is O=C(CN1Cc2c(ccc(F)c2F)NC1=O)N[C@H]1CS(=O)(=O)c2cc(F)cc(F)c21. The number of rotatable bonds is 3. The van der Waals surface area contributed by atoms with Crippen LogP contribution in [0.15, 0.2) is 29.2 Å². The topological polar surface area (TPSA) is 95.6 Å². The molecule has 2 aliphatic rings. The summed E-state index contributed by atoms with van der Waals surface area (Å²) >= 11 is 0. The Bertz CT molecular complexity index is 1200. The van der Waals surface area contributed by atoms with Crippen molar-refractivity contribution in [1.82, 2.24) is 10.2 Å². The monoisotopic (exact) mass is 443 g/mol. The summed E-state index contributed by atoms with van der Waals surface area (Å²) in [6, 6.07) is 1.18. The first-order valence-electron chi connectivity index (χ1n) is 8.60. The van der Waals surface area contributed by atoms with E-state index in [1.807, 2.05) is 0 Å². The summed E-state index contributed by atoms with van der Waals surface area (Å²) in [6.07, 6.45) is 0. The lowest BCUT2D eigenvalue weighted by atomic mass is 10.1. The highest BCUT2D eigenvalue weighted by Crippen LogP contribution is 2.36. The molecule has 30 heavy (non-hydrogen) atoms. The number of fused-ring (bicyclic) bond motifs is 2. The van der Waals surface area contributed by atoms with Gasteiger partial charge in [-0.05, 0) is 18.2 Å². The first kappa shape index (κ1) is 20.1. The minimum atomic E-state index is -4.02. The van der Waals surface area contributed by atoms with Crippen LogP contribution in [0.1, 0.15) is 17.2 Å². The average molecular weight is 443 g/mol. The number of sulfone groups is 1. The Kier molecular flexibility index (Phi) is 4.68. The molecule has 2 aromatic carbocycles. The second-order valence-electron chi connectivity index (χ2n) is 6.87. The summed E-state index contributed by atoms with van der Waals surface area (Å²) in [5.74, 6) is -6.02. The van der Waals surface area contributed by atoms with Crippen LogP contribution in [0.4, 0.5) is 28.0 Å². The zero-order valence-electron chi connectivity index (χ0n) is 15.0. The lowest BCUT2D eigenvalue weighted by molar-refractivity contribution is -0.122. The summed E-state index contributed by atoms with van der Waals surface area (Å²) < 4.78 is 79.3. The molecule has 0 bridgehead atoms. The van der Waals surface area contributed by atoms with Crippen molar-refractivity contribution >= 4 is 27.5 Å². The number of amides is 3. The predicted molar refractivity (Wildman–Crippen MR) is 95.1 cm³/mol. The molecule has 0 saturated carbocycles. The molecule has 4 rings (SSSR count). The summed E-state index contributed by atoms with van der Waals surface area (Å²) in [7, 11) is -4.02. The number of hydrogen-bond donors (Lipinski definition) is 2. The molecule has 0 aromatic heterocycles. The molecule has 2 heterocycles. The number of urea groups is 1. The van der Waals surface area contributed by atoms with Crippen molar-refractivity contribution in [3.8, 4) is 0 Å². The van der Waals surface area contributed by atoms with Gasteiger partial charge in [0.2, 0.25) is 5.91 Å². The number of halogens is 4. The highest BCUT2D eigenvalue weighted by molar-refractivity contribution is 7.91. The van der Waals surface area contributed by atoms with Gasteiger partial charge in [-0.15, -0.1) is 0 Å². The van der Waals surface area contributed by atoms with E-state index in [2.05, 4.69) is 10.6 Å². The normalized spacial score (nSPS) is 19.1. The fourth-order valence-electron chi connectivity index (χ4n) is 3.53. The van der Waals surface area contributed by atoms with Crippen LogP contribution in [0, 0.1) is 23.3 Å². The Morgan fingerprint density at radius 2 is 1.90 bits per heavy atom. The molecular weight excluding hydrogens is 430 g/mol. The smallest absolute Gasteiger partial charge is 0.322 e. The van der Waals surface area contributed by atoms with Crippen molar-refractivity contribution in [3.63, 3.8) is 0 Å². The van der Waals surface area contributed by atoms with Gasteiger partial charge in [-0.2, -0.15) is 0 Å². The van der Waals surface area contributed by atoms with Gasteiger partial charge in [0.05, 0.1) is 28.9 Å². The third-order valence-electron chi connectivity index (χ3n) is 4.87. The van der Waals surface area contributed by atoms with Crippen LogP contribution in [0.5, 0.6) is 0 Å². The van der Waals surface area contributed by atoms with Crippen LogP contribution in [0.2, 0.25) is 0 Å². The lowest BCUT2D eigenvalue weighted by Gasteiger charge is -2.29. The van der Waals surface area contributed by atoms with Crippen molar-refractivity contribution in [1.29, 1.82) is 0 Å². The van der Waals surface area contributed by atoms with E-state index < -0.39 is 74.8 Å². The Hall–Kier alpha value is -3.15. The number of carbonyl (C=O) groups is 2. The molecule has 2 aliphatic heterocycles. The molecule has 7 nitrogen and oxygen atoms in total. The minimum absolute atomic E-state index is 0.0652. The maximum absolute atomic E-state index is 14.2. The van der Waals surface area contributed by atoms with Gasteiger partial charge in [-0.1, -0.05) is 0 Å². The summed E-state index contributed by atoms with van der Waals surface area (Å²) in [5.41, 5.74) is -0.459. The average Bonchev–Trinajstić information content (AvgIpc) is 2.89. The minimum Gasteiger partial charge on any atom is -0.347 e. The first-order chi connectivity index (χ1) is 14.1. The van der Waals surface area contributed by atoms with Gasteiger partial charge in [0.15, 0.2) is 21.5 Å². The fourth-order valence-corrected chi connectivity index (χ4v) is 5.26. The zero-order chi connectivity index (χ0) is 21.8.